The lowest BCUT2D eigenvalue weighted by atomic mass is 10.2. The number of hydrogen-bond donors (Lipinski definition) is 2. The molecule has 0 atom stereocenters. The number of halogens is 1. The van der Waals surface area contributed by atoms with Crippen LogP contribution in [-0.4, -0.2) is 43.9 Å². The summed E-state index contributed by atoms with van der Waals surface area (Å²) in [6.07, 6.45) is 2.53. The molecule has 1 aromatic rings. The molecule has 2 rings (SSSR count). The fourth-order valence-corrected chi connectivity index (χ4v) is 1.91. The Hall–Kier alpha value is -1.59. The van der Waals surface area contributed by atoms with Crippen molar-refractivity contribution in [2.75, 3.05) is 32.5 Å². The maximum Gasteiger partial charge on any atom is 0.253 e. The second kappa shape index (κ2) is 8.00. The van der Waals surface area contributed by atoms with Gasteiger partial charge in [0.25, 0.3) is 5.91 Å². The van der Waals surface area contributed by atoms with Crippen LogP contribution < -0.4 is 10.6 Å². The van der Waals surface area contributed by atoms with Gasteiger partial charge in [0.05, 0.1) is 6.54 Å². The summed E-state index contributed by atoms with van der Waals surface area (Å²) in [5.74, 6) is 0.594. The van der Waals surface area contributed by atoms with Crippen LogP contribution in [0, 0.1) is 5.92 Å². The molecule has 21 heavy (non-hydrogen) atoms. The molecule has 1 aliphatic carbocycles. The van der Waals surface area contributed by atoms with Gasteiger partial charge in [-0.25, -0.2) is 0 Å². The Morgan fingerprint density at radius 2 is 2.00 bits per heavy atom. The number of benzene rings is 1. The number of nitrogens with one attached hydrogen (secondary N) is 2. The van der Waals surface area contributed by atoms with Crippen LogP contribution in [0.2, 0.25) is 0 Å². The molecular weight excluding hydrogens is 290 g/mol. The minimum atomic E-state index is -0.0832. The standard InChI is InChI=1S/C15H21N3O2.ClH/c1-18(2)15(20)12-4-3-5-13(8-12)17-14(19)10-16-9-11-6-7-11;/h3-5,8,11,16H,6-7,9-10H2,1-2H3,(H,17,19);1H. The van der Waals surface area contributed by atoms with Crippen LogP contribution in [0.25, 0.3) is 0 Å². The van der Waals surface area contributed by atoms with Crippen molar-refractivity contribution >= 4 is 29.9 Å². The minimum absolute atomic E-state index is 0. The molecule has 0 spiro atoms. The van der Waals surface area contributed by atoms with Gasteiger partial charge in [-0.1, -0.05) is 6.07 Å². The molecule has 5 nitrogen and oxygen atoms in total. The molecule has 1 aromatic carbocycles. The number of nitrogens with zero attached hydrogens (tertiary/aromatic N) is 1. The zero-order valence-electron chi connectivity index (χ0n) is 12.4. The van der Waals surface area contributed by atoms with E-state index in [2.05, 4.69) is 10.6 Å². The summed E-state index contributed by atoms with van der Waals surface area (Å²) in [6.45, 7) is 1.22. The zero-order chi connectivity index (χ0) is 14.5. The lowest BCUT2D eigenvalue weighted by molar-refractivity contribution is -0.115. The number of carbonyl (C=O) groups is 2. The fraction of sp³-hybridized carbons (Fsp3) is 0.467. The SMILES string of the molecule is CN(C)C(=O)c1cccc(NC(=O)CNCC2CC2)c1.Cl. The molecule has 0 unspecified atom stereocenters. The first-order valence-corrected chi connectivity index (χ1v) is 6.88. The molecule has 0 aromatic heterocycles. The number of rotatable bonds is 6. The van der Waals surface area contributed by atoms with Crippen LogP contribution in [0.1, 0.15) is 23.2 Å². The smallest absolute Gasteiger partial charge is 0.253 e. The second-order valence-corrected chi connectivity index (χ2v) is 5.40. The lowest BCUT2D eigenvalue weighted by Crippen LogP contribution is -2.29. The van der Waals surface area contributed by atoms with Gasteiger partial charge in [0.1, 0.15) is 0 Å². The van der Waals surface area contributed by atoms with Crippen molar-refractivity contribution in [2.24, 2.45) is 5.92 Å². The Morgan fingerprint density at radius 3 is 2.62 bits per heavy atom. The summed E-state index contributed by atoms with van der Waals surface area (Å²) in [5.41, 5.74) is 1.22. The molecule has 0 radical (unpaired) electrons. The first-order valence-electron chi connectivity index (χ1n) is 6.88. The second-order valence-electron chi connectivity index (χ2n) is 5.40. The van der Waals surface area contributed by atoms with Crippen LogP contribution in [0.15, 0.2) is 24.3 Å². The largest absolute Gasteiger partial charge is 0.345 e. The van der Waals surface area contributed by atoms with E-state index in [9.17, 15) is 9.59 Å². The molecule has 1 saturated carbocycles. The van der Waals surface area contributed by atoms with Gasteiger partial charge >= 0.3 is 0 Å². The minimum Gasteiger partial charge on any atom is -0.345 e. The third kappa shape index (κ3) is 5.73. The Kier molecular flexibility index (Phi) is 6.65. The number of anilines is 1. The maximum atomic E-state index is 11.8. The van der Waals surface area contributed by atoms with Crippen molar-refractivity contribution in [3.8, 4) is 0 Å². The van der Waals surface area contributed by atoms with Crippen LogP contribution in [0.5, 0.6) is 0 Å². The Balaban J connectivity index is 0.00000220. The van der Waals surface area contributed by atoms with Gasteiger partial charge in [0.2, 0.25) is 5.91 Å². The van der Waals surface area contributed by atoms with E-state index in [1.165, 1.54) is 17.7 Å². The molecule has 0 heterocycles. The van der Waals surface area contributed by atoms with E-state index in [0.717, 1.165) is 12.5 Å². The van der Waals surface area contributed by atoms with Crippen molar-refractivity contribution < 1.29 is 9.59 Å². The Bertz CT molecular complexity index is 501. The monoisotopic (exact) mass is 311 g/mol. The van der Waals surface area contributed by atoms with Gasteiger partial charge in [-0.2, -0.15) is 0 Å². The van der Waals surface area contributed by atoms with Gasteiger partial charge in [-0.15, -0.1) is 12.4 Å². The third-order valence-corrected chi connectivity index (χ3v) is 3.21. The number of amides is 2. The van der Waals surface area contributed by atoms with E-state index in [1.807, 2.05) is 0 Å². The van der Waals surface area contributed by atoms with Gasteiger partial charge in [-0.05, 0) is 43.5 Å². The summed E-state index contributed by atoms with van der Waals surface area (Å²) < 4.78 is 0. The molecular formula is C15H22ClN3O2. The highest BCUT2D eigenvalue weighted by Crippen LogP contribution is 2.27. The molecule has 1 aliphatic rings. The summed E-state index contributed by atoms with van der Waals surface area (Å²) in [4.78, 5) is 25.1. The number of hydrogen-bond acceptors (Lipinski definition) is 3. The Labute approximate surface area is 131 Å². The number of carbonyl (C=O) groups excluding carboxylic acids is 2. The van der Waals surface area contributed by atoms with E-state index in [1.54, 1.807) is 38.4 Å². The van der Waals surface area contributed by atoms with Crippen LogP contribution in [0.3, 0.4) is 0 Å². The van der Waals surface area contributed by atoms with Gasteiger partial charge in [0.15, 0.2) is 0 Å². The van der Waals surface area contributed by atoms with E-state index in [4.69, 9.17) is 0 Å². The fourth-order valence-electron chi connectivity index (χ4n) is 1.91. The highest BCUT2D eigenvalue weighted by Gasteiger charge is 2.20. The molecule has 116 valence electrons. The van der Waals surface area contributed by atoms with Gasteiger partial charge < -0.3 is 15.5 Å². The zero-order valence-corrected chi connectivity index (χ0v) is 13.2. The van der Waals surface area contributed by atoms with E-state index in [-0.39, 0.29) is 24.2 Å². The van der Waals surface area contributed by atoms with Crippen molar-refractivity contribution in [2.45, 2.75) is 12.8 Å². The van der Waals surface area contributed by atoms with E-state index >= 15 is 0 Å². The van der Waals surface area contributed by atoms with Crippen molar-refractivity contribution in [1.82, 2.24) is 10.2 Å². The van der Waals surface area contributed by atoms with Crippen molar-refractivity contribution in [1.29, 1.82) is 0 Å². The van der Waals surface area contributed by atoms with Crippen LogP contribution >= 0.6 is 12.4 Å². The van der Waals surface area contributed by atoms with Crippen LogP contribution in [0.4, 0.5) is 5.69 Å². The molecule has 1 fully saturated rings. The molecule has 0 saturated heterocycles. The van der Waals surface area contributed by atoms with Gasteiger partial charge in [0, 0.05) is 25.3 Å². The lowest BCUT2D eigenvalue weighted by Gasteiger charge is -2.12. The third-order valence-electron chi connectivity index (χ3n) is 3.21. The molecule has 2 amide bonds. The first-order chi connectivity index (χ1) is 9.56. The maximum absolute atomic E-state index is 11.8. The molecule has 6 heteroatoms. The quantitative estimate of drug-likeness (QED) is 0.841. The van der Waals surface area contributed by atoms with Crippen molar-refractivity contribution in [3.63, 3.8) is 0 Å². The first kappa shape index (κ1) is 17.5. The highest BCUT2D eigenvalue weighted by atomic mass is 35.5. The average molecular weight is 312 g/mol. The summed E-state index contributed by atoms with van der Waals surface area (Å²) in [5, 5.41) is 5.93. The molecule has 0 bridgehead atoms. The van der Waals surface area contributed by atoms with Gasteiger partial charge in [-0.3, -0.25) is 9.59 Å². The predicted molar refractivity (Wildman–Crippen MR) is 85.9 cm³/mol. The van der Waals surface area contributed by atoms with E-state index in [0.29, 0.717) is 17.8 Å². The topological polar surface area (TPSA) is 61.4 Å². The summed E-state index contributed by atoms with van der Waals surface area (Å²) in [7, 11) is 3.41. The molecule has 0 aliphatic heterocycles. The normalized spacial score (nSPS) is 13.2. The summed E-state index contributed by atoms with van der Waals surface area (Å²) in [6, 6.07) is 6.99. The Morgan fingerprint density at radius 1 is 1.29 bits per heavy atom. The predicted octanol–water partition coefficient (Wildman–Crippen LogP) is 1.75. The average Bonchev–Trinajstić information content (AvgIpc) is 3.22. The molecule has 2 N–H and O–H groups in total. The van der Waals surface area contributed by atoms with Crippen molar-refractivity contribution in [3.05, 3.63) is 29.8 Å². The van der Waals surface area contributed by atoms with Crippen LogP contribution in [-0.2, 0) is 4.79 Å². The summed E-state index contributed by atoms with van der Waals surface area (Å²) >= 11 is 0. The highest BCUT2D eigenvalue weighted by molar-refractivity contribution is 5.97. The van der Waals surface area contributed by atoms with E-state index < -0.39 is 0 Å².